The molecule has 0 fully saturated rings. The number of nitrogens with two attached hydrogens (primary N) is 1. The lowest BCUT2D eigenvalue weighted by Crippen LogP contribution is -2.33. The summed E-state index contributed by atoms with van der Waals surface area (Å²) >= 11 is 6.33. The number of rotatable bonds is 8. The number of anilines is 1. The molecule has 0 aromatic heterocycles. The first-order valence-electron chi connectivity index (χ1n) is 10.4. The summed E-state index contributed by atoms with van der Waals surface area (Å²) in [6.45, 7) is 11.5. The summed E-state index contributed by atoms with van der Waals surface area (Å²) in [5, 5.41) is 3.43. The van der Waals surface area contributed by atoms with Gasteiger partial charge in [0, 0.05) is 37.4 Å². The van der Waals surface area contributed by atoms with Crippen LogP contribution < -0.4 is 15.8 Å². The van der Waals surface area contributed by atoms with Crippen molar-refractivity contribution in [2.45, 2.75) is 32.7 Å². The maximum atomic E-state index is 12.9. The van der Waals surface area contributed by atoms with E-state index >= 15 is 0 Å². The predicted octanol–water partition coefficient (Wildman–Crippen LogP) is 4.73. The minimum absolute atomic E-state index is 0.192. The van der Waals surface area contributed by atoms with E-state index < -0.39 is 0 Å². The summed E-state index contributed by atoms with van der Waals surface area (Å²) in [6, 6.07) is 9.61. The highest BCUT2D eigenvalue weighted by Gasteiger charge is 2.24. The largest absolute Gasteiger partial charge is 0.490 e. The summed E-state index contributed by atoms with van der Waals surface area (Å²) in [4.78, 5) is 15.3. The lowest BCUT2D eigenvalue weighted by atomic mass is 9.87. The number of benzene rings is 2. The number of nitrogens with one attached hydrogen (secondary N) is 1. The van der Waals surface area contributed by atoms with E-state index in [-0.39, 0.29) is 5.91 Å². The Balaban J connectivity index is 1.79. The number of amides is 1. The molecule has 1 unspecified atom stereocenters. The highest BCUT2D eigenvalue weighted by Crippen LogP contribution is 2.33. The minimum Gasteiger partial charge on any atom is -0.490 e. The zero-order valence-corrected chi connectivity index (χ0v) is 18.5. The Hall–Kier alpha value is -2.34. The number of halogens is 1. The molecule has 0 saturated carbocycles. The number of carbonyl (C=O) groups is 1. The normalized spacial score (nSPS) is 16.1. The first-order chi connectivity index (χ1) is 14.5. The molecule has 6 heteroatoms. The number of carbonyl (C=O) groups excluding carboxylic acids is 1. The van der Waals surface area contributed by atoms with Crippen LogP contribution in [-0.2, 0) is 6.54 Å². The number of nitrogens with zero attached hydrogens (tertiary/aromatic N) is 1. The molecule has 1 heterocycles. The van der Waals surface area contributed by atoms with Crippen molar-refractivity contribution in [1.29, 1.82) is 0 Å². The lowest BCUT2D eigenvalue weighted by Gasteiger charge is -2.34. The quantitative estimate of drug-likeness (QED) is 0.597. The Kier molecular flexibility index (Phi) is 7.53. The van der Waals surface area contributed by atoms with Crippen molar-refractivity contribution in [1.82, 2.24) is 4.90 Å². The van der Waals surface area contributed by atoms with Crippen LogP contribution in [0.15, 0.2) is 43.0 Å². The summed E-state index contributed by atoms with van der Waals surface area (Å²) in [7, 11) is 0. The van der Waals surface area contributed by atoms with Crippen LogP contribution in [0.5, 0.6) is 5.75 Å². The average molecular weight is 428 g/mol. The Morgan fingerprint density at radius 3 is 2.87 bits per heavy atom. The molecule has 1 atom stereocenters. The molecule has 5 nitrogen and oxygen atoms in total. The Labute approximate surface area is 183 Å². The molecule has 2 aromatic carbocycles. The molecule has 0 spiro atoms. The van der Waals surface area contributed by atoms with Gasteiger partial charge in [0.15, 0.2) is 0 Å². The molecule has 160 valence electrons. The third-order valence-corrected chi connectivity index (χ3v) is 5.73. The fourth-order valence-corrected chi connectivity index (χ4v) is 4.31. The van der Waals surface area contributed by atoms with Crippen molar-refractivity contribution < 1.29 is 9.53 Å². The molecule has 0 bridgehead atoms. The number of hydrogen-bond donors (Lipinski definition) is 2. The maximum Gasteiger partial charge on any atom is 0.255 e. The number of aryl methyl sites for hydroxylation is 1. The van der Waals surface area contributed by atoms with Gasteiger partial charge in [0.1, 0.15) is 12.4 Å². The van der Waals surface area contributed by atoms with Gasteiger partial charge in [0.05, 0.1) is 5.02 Å². The molecule has 1 aliphatic heterocycles. The summed E-state index contributed by atoms with van der Waals surface area (Å²) in [5.74, 6) is 0.825. The molecule has 2 aromatic rings. The first kappa shape index (κ1) is 22.3. The second-order valence-corrected chi connectivity index (χ2v) is 8.10. The van der Waals surface area contributed by atoms with Crippen LogP contribution in [0, 0.1) is 6.92 Å². The van der Waals surface area contributed by atoms with E-state index in [1.54, 1.807) is 12.1 Å². The highest BCUT2D eigenvalue weighted by atomic mass is 35.5. The first-order valence-corrected chi connectivity index (χ1v) is 10.7. The highest BCUT2D eigenvalue weighted by molar-refractivity contribution is 6.32. The number of fused-ring (bicyclic) bond motifs is 1. The van der Waals surface area contributed by atoms with Crippen LogP contribution in [-0.4, -0.2) is 37.0 Å². The van der Waals surface area contributed by atoms with E-state index in [2.05, 4.69) is 35.9 Å². The molecule has 1 amide bonds. The molecule has 0 saturated heterocycles. The summed E-state index contributed by atoms with van der Waals surface area (Å²) < 4.78 is 5.58. The molecule has 30 heavy (non-hydrogen) atoms. The van der Waals surface area contributed by atoms with Crippen molar-refractivity contribution >= 4 is 23.2 Å². The number of ether oxygens (including phenoxy) is 1. The Morgan fingerprint density at radius 1 is 1.40 bits per heavy atom. The van der Waals surface area contributed by atoms with Gasteiger partial charge in [-0.3, -0.25) is 9.69 Å². The van der Waals surface area contributed by atoms with Crippen molar-refractivity contribution in [3.63, 3.8) is 0 Å². The van der Waals surface area contributed by atoms with Gasteiger partial charge in [-0.15, -0.1) is 6.58 Å². The van der Waals surface area contributed by atoms with Crippen molar-refractivity contribution in [2.24, 2.45) is 5.73 Å². The van der Waals surface area contributed by atoms with Gasteiger partial charge in [0.25, 0.3) is 5.91 Å². The maximum absolute atomic E-state index is 12.9. The van der Waals surface area contributed by atoms with E-state index in [1.165, 1.54) is 11.1 Å². The molecule has 0 radical (unpaired) electrons. The van der Waals surface area contributed by atoms with Gasteiger partial charge in [-0.25, -0.2) is 0 Å². The monoisotopic (exact) mass is 427 g/mol. The SMILES string of the molecule is C=CCN1Cc2ccc(NC(=O)c3cc(C)c(OCCN)c(Cl)c3)cc2C(CC)C1. The Morgan fingerprint density at radius 2 is 2.20 bits per heavy atom. The van der Waals surface area contributed by atoms with Gasteiger partial charge < -0.3 is 15.8 Å². The second kappa shape index (κ2) is 10.1. The standard InChI is InChI=1S/C24H30ClN3O2/c1-4-9-28-14-17(5-2)21-13-20(7-6-18(21)15-28)27-24(29)19-11-16(3)23(22(25)12-19)30-10-8-26/h4,6-7,11-13,17H,1,5,8-10,14-15,26H2,2-3H3,(H,27,29). The summed E-state index contributed by atoms with van der Waals surface area (Å²) in [6.07, 6.45) is 3.00. The minimum atomic E-state index is -0.192. The van der Waals surface area contributed by atoms with Gasteiger partial charge in [-0.1, -0.05) is 30.7 Å². The molecule has 3 rings (SSSR count). The second-order valence-electron chi connectivity index (χ2n) is 7.70. The lowest BCUT2D eigenvalue weighted by molar-refractivity contribution is 0.102. The van der Waals surface area contributed by atoms with Crippen LogP contribution in [0.4, 0.5) is 5.69 Å². The van der Waals surface area contributed by atoms with E-state index in [0.717, 1.165) is 37.3 Å². The third kappa shape index (κ3) is 5.04. The fourth-order valence-electron chi connectivity index (χ4n) is 3.99. The number of hydrogen-bond acceptors (Lipinski definition) is 4. The van der Waals surface area contributed by atoms with E-state index in [0.29, 0.717) is 35.4 Å². The fraction of sp³-hybridized carbons (Fsp3) is 0.375. The molecule has 1 aliphatic rings. The third-order valence-electron chi connectivity index (χ3n) is 5.45. The molecule has 3 N–H and O–H groups in total. The molecular formula is C24H30ClN3O2. The smallest absolute Gasteiger partial charge is 0.255 e. The van der Waals surface area contributed by atoms with Crippen molar-refractivity contribution in [2.75, 3.05) is 31.6 Å². The molecule has 0 aliphatic carbocycles. The predicted molar refractivity (Wildman–Crippen MR) is 124 cm³/mol. The zero-order chi connectivity index (χ0) is 21.7. The van der Waals surface area contributed by atoms with Crippen LogP contribution >= 0.6 is 11.6 Å². The summed E-state index contributed by atoms with van der Waals surface area (Å²) in [5.41, 5.74) is 10.2. The van der Waals surface area contributed by atoms with Gasteiger partial charge in [-0.2, -0.15) is 0 Å². The van der Waals surface area contributed by atoms with E-state index in [1.807, 2.05) is 19.1 Å². The van der Waals surface area contributed by atoms with Gasteiger partial charge >= 0.3 is 0 Å². The topological polar surface area (TPSA) is 67.6 Å². The van der Waals surface area contributed by atoms with Gasteiger partial charge in [-0.05, 0) is 60.2 Å². The van der Waals surface area contributed by atoms with Crippen LogP contribution in [0.2, 0.25) is 5.02 Å². The van der Waals surface area contributed by atoms with Crippen LogP contribution in [0.1, 0.15) is 46.3 Å². The van der Waals surface area contributed by atoms with Gasteiger partial charge in [0.2, 0.25) is 0 Å². The van der Waals surface area contributed by atoms with E-state index in [9.17, 15) is 4.79 Å². The zero-order valence-electron chi connectivity index (χ0n) is 17.7. The average Bonchev–Trinajstić information content (AvgIpc) is 2.73. The Bertz CT molecular complexity index is 906. The van der Waals surface area contributed by atoms with Crippen LogP contribution in [0.3, 0.4) is 0 Å². The van der Waals surface area contributed by atoms with Crippen molar-refractivity contribution in [3.05, 3.63) is 70.3 Å². The van der Waals surface area contributed by atoms with E-state index in [4.69, 9.17) is 22.1 Å². The van der Waals surface area contributed by atoms with Crippen molar-refractivity contribution in [3.8, 4) is 5.75 Å². The molecular weight excluding hydrogens is 398 g/mol. The van der Waals surface area contributed by atoms with Crippen LogP contribution in [0.25, 0.3) is 0 Å².